The number of hydrogen-bond donors (Lipinski definition) is 1. The molecule has 1 atom stereocenters. The molecule has 3 rings (SSSR count). The molecule has 172 valence electrons. The van der Waals surface area contributed by atoms with Crippen molar-refractivity contribution in [3.63, 3.8) is 0 Å². The van der Waals surface area contributed by atoms with Gasteiger partial charge in [-0.15, -0.1) is 0 Å². The van der Waals surface area contributed by atoms with Crippen molar-refractivity contribution >= 4 is 21.6 Å². The number of carbonyl (C=O) groups excluding carboxylic acids is 1. The van der Waals surface area contributed by atoms with Crippen LogP contribution < -0.4 is 5.73 Å². The zero-order chi connectivity index (χ0) is 23.4. The van der Waals surface area contributed by atoms with Crippen molar-refractivity contribution in [1.82, 2.24) is 4.31 Å². The highest BCUT2D eigenvalue weighted by atomic mass is 32.2. The Morgan fingerprint density at radius 2 is 1.75 bits per heavy atom. The maximum atomic E-state index is 12.9. The molecule has 0 saturated carbocycles. The van der Waals surface area contributed by atoms with Crippen LogP contribution >= 0.6 is 0 Å². The van der Waals surface area contributed by atoms with E-state index in [1.165, 1.54) is 0 Å². The number of nitrogens with two attached hydrogens (primary N) is 1. The summed E-state index contributed by atoms with van der Waals surface area (Å²) in [5, 5.41) is 3.98. The van der Waals surface area contributed by atoms with Gasteiger partial charge in [0, 0.05) is 32.4 Å². The lowest BCUT2D eigenvalue weighted by Gasteiger charge is -2.27. The first kappa shape index (κ1) is 23.7. The first-order valence-corrected chi connectivity index (χ1v) is 11.2. The second kappa shape index (κ2) is 9.70. The van der Waals surface area contributed by atoms with Crippen LogP contribution in [0.25, 0.3) is 0 Å². The van der Waals surface area contributed by atoms with E-state index in [-0.39, 0.29) is 32.4 Å². The zero-order valence-corrected chi connectivity index (χ0v) is 17.8. The summed E-state index contributed by atoms with van der Waals surface area (Å²) in [6, 6.07) is 12.8. The minimum atomic E-state index is -4.64. The number of oxime groups is 1. The summed E-state index contributed by atoms with van der Waals surface area (Å²) in [5.74, 6) is -0.678. The van der Waals surface area contributed by atoms with Gasteiger partial charge in [0.15, 0.2) is 0 Å². The lowest BCUT2D eigenvalue weighted by atomic mass is 10.1. The lowest BCUT2D eigenvalue weighted by Crippen LogP contribution is -2.39. The molecule has 1 aliphatic heterocycles. The van der Waals surface area contributed by atoms with Gasteiger partial charge in [0.1, 0.15) is 0 Å². The van der Waals surface area contributed by atoms with Gasteiger partial charge < -0.3 is 10.6 Å². The molecule has 1 amide bonds. The minimum absolute atomic E-state index is 0.0285. The Bertz CT molecular complexity index is 1080. The number of benzene rings is 2. The van der Waals surface area contributed by atoms with Crippen LogP contribution in [-0.4, -0.2) is 43.5 Å². The monoisotopic (exact) mass is 469 g/mol. The molecule has 0 spiro atoms. The number of sulfonamides is 1. The number of amides is 1. The molecular weight excluding hydrogens is 447 g/mol. The van der Waals surface area contributed by atoms with Gasteiger partial charge in [-0.25, -0.2) is 8.42 Å². The van der Waals surface area contributed by atoms with Gasteiger partial charge in [-0.2, -0.15) is 17.5 Å². The third-order valence-electron chi connectivity index (χ3n) is 4.99. The van der Waals surface area contributed by atoms with Crippen molar-refractivity contribution in [2.75, 3.05) is 13.1 Å². The Morgan fingerprint density at radius 3 is 2.34 bits per heavy atom. The predicted octanol–water partition coefficient (Wildman–Crippen LogP) is 2.96. The molecule has 2 aromatic carbocycles. The number of primary amides is 1. The second-order valence-electron chi connectivity index (χ2n) is 7.27. The molecule has 11 heteroatoms. The molecule has 0 aliphatic carbocycles. The Hall–Kier alpha value is -2.92. The fraction of sp³-hybridized carbons (Fsp3) is 0.333. The molecule has 0 radical (unpaired) electrons. The summed E-state index contributed by atoms with van der Waals surface area (Å²) in [6.07, 6.45) is -4.94. The number of alkyl halides is 3. The first-order valence-electron chi connectivity index (χ1n) is 9.79. The van der Waals surface area contributed by atoms with Crippen molar-refractivity contribution in [1.29, 1.82) is 0 Å². The van der Waals surface area contributed by atoms with E-state index in [4.69, 9.17) is 10.6 Å². The lowest BCUT2D eigenvalue weighted by molar-refractivity contribution is -0.137. The maximum absolute atomic E-state index is 12.9. The molecule has 1 heterocycles. The average Bonchev–Trinajstić information content (AvgIpc) is 2.77. The smallest absolute Gasteiger partial charge is 0.382 e. The first-order chi connectivity index (χ1) is 15.1. The van der Waals surface area contributed by atoms with E-state index in [1.54, 1.807) is 0 Å². The molecule has 32 heavy (non-hydrogen) atoms. The summed E-state index contributed by atoms with van der Waals surface area (Å²) in [5.41, 5.74) is 5.75. The summed E-state index contributed by atoms with van der Waals surface area (Å²) >= 11 is 0. The minimum Gasteiger partial charge on any atom is -0.382 e. The van der Waals surface area contributed by atoms with E-state index in [1.807, 2.05) is 30.3 Å². The van der Waals surface area contributed by atoms with E-state index >= 15 is 0 Å². The van der Waals surface area contributed by atoms with E-state index in [2.05, 4.69) is 5.16 Å². The van der Waals surface area contributed by atoms with Crippen molar-refractivity contribution in [3.05, 3.63) is 65.7 Å². The molecule has 7 nitrogen and oxygen atoms in total. The topological polar surface area (TPSA) is 102 Å². The van der Waals surface area contributed by atoms with E-state index < -0.39 is 38.7 Å². The van der Waals surface area contributed by atoms with Gasteiger partial charge in [0.2, 0.25) is 16.1 Å². The molecule has 2 aromatic rings. The van der Waals surface area contributed by atoms with Gasteiger partial charge in [-0.3, -0.25) is 4.79 Å². The van der Waals surface area contributed by atoms with Crippen LogP contribution in [0.3, 0.4) is 0 Å². The van der Waals surface area contributed by atoms with Crippen LogP contribution in [0.2, 0.25) is 0 Å². The highest BCUT2D eigenvalue weighted by molar-refractivity contribution is 7.89. The highest BCUT2D eigenvalue weighted by Gasteiger charge is 2.34. The van der Waals surface area contributed by atoms with E-state index in [9.17, 15) is 26.4 Å². The van der Waals surface area contributed by atoms with Crippen molar-refractivity contribution in [2.45, 2.75) is 36.4 Å². The van der Waals surface area contributed by atoms with Gasteiger partial charge in [0.25, 0.3) is 5.91 Å². The van der Waals surface area contributed by atoms with Crippen LogP contribution in [0, 0.1) is 0 Å². The Balaban J connectivity index is 1.63. The van der Waals surface area contributed by atoms with Crippen LogP contribution in [0.5, 0.6) is 0 Å². The Labute approximate surface area is 183 Å². The molecule has 0 aromatic heterocycles. The summed E-state index contributed by atoms with van der Waals surface area (Å²) < 4.78 is 65.4. The van der Waals surface area contributed by atoms with Crippen LogP contribution in [0.15, 0.2) is 64.6 Å². The van der Waals surface area contributed by atoms with Gasteiger partial charge in [-0.05, 0) is 23.8 Å². The molecule has 1 aliphatic rings. The van der Waals surface area contributed by atoms with Crippen LogP contribution in [0.4, 0.5) is 13.2 Å². The fourth-order valence-electron chi connectivity index (χ4n) is 3.21. The third-order valence-corrected chi connectivity index (χ3v) is 6.88. The quantitative estimate of drug-likeness (QED) is 0.630. The van der Waals surface area contributed by atoms with Crippen LogP contribution in [0.1, 0.15) is 24.0 Å². The standard InChI is InChI=1S/C21H22F3N3O4S/c22-21(23,24)16-7-4-8-18(14-16)32(29,30)27-11-9-17(10-12-27)26-31-19(20(25)28)13-15-5-2-1-3-6-15/h1-8,14,19H,9-13H2,(H2,25,28). The molecule has 1 unspecified atom stereocenters. The highest BCUT2D eigenvalue weighted by Crippen LogP contribution is 2.31. The average molecular weight is 469 g/mol. The number of nitrogens with zero attached hydrogens (tertiary/aromatic N) is 2. The molecular formula is C21H22F3N3O4S. The van der Waals surface area contributed by atoms with Gasteiger partial charge in [0.05, 0.1) is 16.2 Å². The molecule has 1 saturated heterocycles. The molecule has 1 fully saturated rings. The van der Waals surface area contributed by atoms with Crippen molar-refractivity contribution in [3.8, 4) is 0 Å². The van der Waals surface area contributed by atoms with E-state index in [0.717, 1.165) is 28.1 Å². The Kier molecular flexibility index (Phi) is 7.19. The second-order valence-corrected chi connectivity index (χ2v) is 9.21. The van der Waals surface area contributed by atoms with Crippen LogP contribution in [-0.2, 0) is 32.3 Å². The molecule has 2 N–H and O–H groups in total. The van der Waals surface area contributed by atoms with Crippen molar-refractivity contribution in [2.24, 2.45) is 10.9 Å². The number of halogens is 3. The SMILES string of the molecule is NC(=O)C(Cc1ccccc1)ON=C1CCN(S(=O)(=O)c2cccc(C(F)(F)F)c2)CC1. The fourth-order valence-corrected chi connectivity index (χ4v) is 4.70. The van der Waals surface area contributed by atoms with Crippen molar-refractivity contribution < 1.29 is 31.2 Å². The van der Waals surface area contributed by atoms with E-state index in [0.29, 0.717) is 11.8 Å². The molecule has 0 bridgehead atoms. The number of rotatable bonds is 7. The maximum Gasteiger partial charge on any atom is 0.416 e. The third kappa shape index (κ3) is 5.86. The number of carbonyl (C=O) groups is 1. The predicted molar refractivity (Wildman–Crippen MR) is 111 cm³/mol. The van der Waals surface area contributed by atoms with Gasteiger partial charge >= 0.3 is 6.18 Å². The zero-order valence-electron chi connectivity index (χ0n) is 17.0. The largest absolute Gasteiger partial charge is 0.416 e. The van der Waals surface area contributed by atoms with Gasteiger partial charge in [-0.1, -0.05) is 41.6 Å². The summed E-state index contributed by atoms with van der Waals surface area (Å²) in [7, 11) is -4.09. The summed E-state index contributed by atoms with van der Waals surface area (Å²) in [6.45, 7) is 0.0569. The number of hydrogen-bond acceptors (Lipinski definition) is 5. The Morgan fingerprint density at radius 1 is 1.09 bits per heavy atom. The summed E-state index contributed by atoms with van der Waals surface area (Å²) in [4.78, 5) is 16.6. The number of piperidine rings is 1. The normalized spacial score (nSPS) is 16.4.